The first-order valence-electron chi connectivity index (χ1n) is 5.68. The Morgan fingerprint density at radius 2 is 1.84 bits per heavy atom. The molecule has 100 valence electrons. The molecule has 0 spiro atoms. The summed E-state index contributed by atoms with van der Waals surface area (Å²) < 4.78 is 39.4. The molecule has 0 aliphatic carbocycles. The SMILES string of the molecule is CC(NS(=O)(=O)c1ccc(F)cc1)c1ccccn1. The van der Waals surface area contributed by atoms with Crippen molar-refractivity contribution in [2.24, 2.45) is 0 Å². The average Bonchev–Trinajstić information content (AvgIpc) is 2.40. The Morgan fingerprint density at radius 1 is 1.16 bits per heavy atom. The molecule has 1 heterocycles. The summed E-state index contributed by atoms with van der Waals surface area (Å²) in [7, 11) is -3.68. The normalized spacial score (nSPS) is 13.2. The summed E-state index contributed by atoms with van der Waals surface area (Å²) in [5.41, 5.74) is 0.619. The van der Waals surface area contributed by atoms with Gasteiger partial charge in [0.1, 0.15) is 5.82 Å². The number of nitrogens with one attached hydrogen (secondary N) is 1. The van der Waals surface area contributed by atoms with Gasteiger partial charge in [0.25, 0.3) is 0 Å². The molecular weight excluding hydrogens is 267 g/mol. The Bertz CT molecular complexity index is 642. The van der Waals surface area contributed by atoms with Crippen LogP contribution in [0.2, 0.25) is 0 Å². The van der Waals surface area contributed by atoms with E-state index in [0.29, 0.717) is 5.69 Å². The van der Waals surface area contributed by atoms with Gasteiger partial charge < -0.3 is 0 Å². The molecule has 2 aromatic rings. The highest BCUT2D eigenvalue weighted by atomic mass is 32.2. The summed E-state index contributed by atoms with van der Waals surface area (Å²) in [4.78, 5) is 4.11. The lowest BCUT2D eigenvalue weighted by atomic mass is 10.2. The van der Waals surface area contributed by atoms with Crippen molar-refractivity contribution in [3.63, 3.8) is 0 Å². The molecule has 6 heteroatoms. The number of nitrogens with zero attached hydrogens (tertiary/aromatic N) is 1. The number of hydrogen-bond donors (Lipinski definition) is 1. The predicted molar refractivity (Wildman–Crippen MR) is 69.4 cm³/mol. The molecule has 4 nitrogen and oxygen atoms in total. The van der Waals surface area contributed by atoms with Gasteiger partial charge in [-0.15, -0.1) is 0 Å². The predicted octanol–water partition coefficient (Wildman–Crippen LogP) is 2.26. The van der Waals surface area contributed by atoms with Crippen molar-refractivity contribution in [1.29, 1.82) is 0 Å². The molecule has 1 unspecified atom stereocenters. The minimum absolute atomic E-state index is 0.0247. The first kappa shape index (κ1) is 13.6. The lowest BCUT2D eigenvalue weighted by molar-refractivity contribution is 0.563. The van der Waals surface area contributed by atoms with Gasteiger partial charge in [0.15, 0.2) is 0 Å². The molecular formula is C13H13FN2O2S. The Balaban J connectivity index is 2.20. The van der Waals surface area contributed by atoms with Gasteiger partial charge in [-0.25, -0.2) is 17.5 Å². The molecule has 1 atom stereocenters. The van der Waals surface area contributed by atoms with Crippen molar-refractivity contribution < 1.29 is 12.8 Å². The van der Waals surface area contributed by atoms with Crippen molar-refractivity contribution >= 4 is 10.0 Å². The molecule has 19 heavy (non-hydrogen) atoms. The summed E-state index contributed by atoms with van der Waals surface area (Å²) in [6.07, 6.45) is 1.60. The Morgan fingerprint density at radius 3 is 2.42 bits per heavy atom. The van der Waals surface area contributed by atoms with E-state index in [4.69, 9.17) is 0 Å². The van der Waals surface area contributed by atoms with Crippen LogP contribution in [0.3, 0.4) is 0 Å². The number of aromatic nitrogens is 1. The second-order valence-electron chi connectivity index (χ2n) is 4.05. The van der Waals surface area contributed by atoms with E-state index in [2.05, 4.69) is 9.71 Å². The third-order valence-electron chi connectivity index (χ3n) is 2.59. The van der Waals surface area contributed by atoms with E-state index in [9.17, 15) is 12.8 Å². The smallest absolute Gasteiger partial charge is 0.241 e. The van der Waals surface area contributed by atoms with Crippen molar-refractivity contribution in [1.82, 2.24) is 9.71 Å². The quantitative estimate of drug-likeness (QED) is 0.934. The molecule has 1 N–H and O–H groups in total. The Kier molecular flexibility index (Phi) is 3.92. The van der Waals surface area contributed by atoms with Gasteiger partial charge in [-0.1, -0.05) is 6.07 Å². The van der Waals surface area contributed by atoms with Crippen LogP contribution >= 0.6 is 0 Å². The zero-order valence-corrected chi connectivity index (χ0v) is 11.1. The van der Waals surface area contributed by atoms with Crippen molar-refractivity contribution in [2.75, 3.05) is 0 Å². The summed E-state index contributed by atoms with van der Waals surface area (Å²) in [5, 5.41) is 0. The number of halogens is 1. The second-order valence-corrected chi connectivity index (χ2v) is 5.77. The fourth-order valence-corrected chi connectivity index (χ4v) is 2.82. The molecule has 0 aliphatic rings. The third kappa shape index (κ3) is 3.36. The van der Waals surface area contributed by atoms with Gasteiger partial charge in [0.05, 0.1) is 16.6 Å². The highest BCUT2D eigenvalue weighted by Crippen LogP contribution is 2.15. The monoisotopic (exact) mass is 280 g/mol. The van der Waals surface area contributed by atoms with Crippen LogP contribution in [0.15, 0.2) is 53.6 Å². The average molecular weight is 280 g/mol. The number of rotatable bonds is 4. The topological polar surface area (TPSA) is 59.1 Å². The summed E-state index contributed by atoms with van der Waals surface area (Å²) in [5.74, 6) is -0.475. The fourth-order valence-electron chi connectivity index (χ4n) is 1.61. The van der Waals surface area contributed by atoms with Gasteiger partial charge in [0.2, 0.25) is 10.0 Å². The number of pyridine rings is 1. The van der Waals surface area contributed by atoms with Crippen LogP contribution in [-0.2, 0) is 10.0 Å². The van der Waals surface area contributed by atoms with Gasteiger partial charge in [0, 0.05) is 6.20 Å². The van der Waals surface area contributed by atoms with Crippen molar-refractivity contribution in [3.05, 3.63) is 60.2 Å². The van der Waals surface area contributed by atoms with E-state index < -0.39 is 21.9 Å². The van der Waals surface area contributed by atoms with E-state index in [0.717, 1.165) is 12.1 Å². The maximum atomic E-state index is 12.8. The highest BCUT2D eigenvalue weighted by molar-refractivity contribution is 7.89. The molecule has 0 amide bonds. The molecule has 0 bridgehead atoms. The van der Waals surface area contributed by atoms with Gasteiger partial charge in [-0.2, -0.15) is 0 Å². The third-order valence-corrected chi connectivity index (χ3v) is 4.14. The lowest BCUT2D eigenvalue weighted by Gasteiger charge is -2.13. The number of hydrogen-bond acceptors (Lipinski definition) is 3. The van der Waals surface area contributed by atoms with E-state index in [1.807, 2.05) is 0 Å². The van der Waals surface area contributed by atoms with E-state index in [1.165, 1.54) is 12.1 Å². The van der Waals surface area contributed by atoms with E-state index >= 15 is 0 Å². The molecule has 0 radical (unpaired) electrons. The van der Waals surface area contributed by atoms with Crippen LogP contribution in [0.1, 0.15) is 18.7 Å². The first-order chi connectivity index (χ1) is 8.99. The minimum Gasteiger partial charge on any atom is -0.260 e. The van der Waals surface area contributed by atoms with Crippen LogP contribution in [0.4, 0.5) is 4.39 Å². The van der Waals surface area contributed by atoms with Crippen LogP contribution in [0.25, 0.3) is 0 Å². The van der Waals surface area contributed by atoms with Gasteiger partial charge in [-0.05, 0) is 43.3 Å². The van der Waals surface area contributed by atoms with Crippen LogP contribution in [0.5, 0.6) is 0 Å². The molecule has 0 saturated heterocycles. The highest BCUT2D eigenvalue weighted by Gasteiger charge is 2.18. The van der Waals surface area contributed by atoms with Crippen molar-refractivity contribution in [2.45, 2.75) is 17.9 Å². The zero-order chi connectivity index (χ0) is 13.9. The molecule has 0 aliphatic heterocycles. The van der Waals surface area contributed by atoms with Crippen LogP contribution in [0, 0.1) is 5.82 Å². The molecule has 0 saturated carbocycles. The first-order valence-corrected chi connectivity index (χ1v) is 7.16. The maximum absolute atomic E-state index is 12.8. The summed E-state index contributed by atoms with van der Waals surface area (Å²) >= 11 is 0. The van der Waals surface area contributed by atoms with Crippen LogP contribution < -0.4 is 4.72 Å². The Labute approximate surface area is 111 Å². The van der Waals surface area contributed by atoms with Gasteiger partial charge in [-0.3, -0.25) is 4.98 Å². The standard InChI is InChI=1S/C13H13FN2O2S/c1-10(13-4-2-3-9-15-13)16-19(17,18)12-7-5-11(14)6-8-12/h2-10,16H,1H3. The molecule has 1 aromatic heterocycles. The molecule has 0 fully saturated rings. The number of benzene rings is 1. The van der Waals surface area contributed by atoms with Crippen LogP contribution in [-0.4, -0.2) is 13.4 Å². The molecule has 1 aromatic carbocycles. The summed E-state index contributed by atoms with van der Waals surface area (Å²) in [6, 6.07) is 9.48. The van der Waals surface area contributed by atoms with E-state index in [-0.39, 0.29) is 4.90 Å². The largest absolute Gasteiger partial charge is 0.260 e. The minimum atomic E-state index is -3.68. The van der Waals surface area contributed by atoms with E-state index in [1.54, 1.807) is 31.3 Å². The second kappa shape index (κ2) is 5.46. The van der Waals surface area contributed by atoms with Crippen molar-refractivity contribution in [3.8, 4) is 0 Å². The fraction of sp³-hybridized carbons (Fsp3) is 0.154. The number of sulfonamides is 1. The maximum Gasteiger partial charge on any atom is 0.241 e. The molecule has 2 rings (SSSR count). The zero-order valence-electron chi connectivity index (χ0n) is 10.2. The Hall–Kier alpha value is -1.79. The summed E-state index contributed by atoms with van der Waals surface area (Å²) in [6.45, 7) is 1.70. The van der Waals surface area contributed by atoms with Gasteiger partial charge >= 0.3 is 0 Å². The lowest BCUT2D eigenvalue weighted by Crippen LogP contribution is -2.27.